The van der Waals surface area contributed by atoms with Crippen LogP contribution in [0.3, 0.4) is 0 Å². The fourth-order valence-electron chi connectivity index (χ4n) is 1.89. The summed E-state index contributed by atoms with van der Waals surface area (Å²) in [6.45, 7) is 8.79. The number of rotatable bonds is 3. The number of nitrogens with two attached hydrogens (primary N) is 1. The van der Waals surface area contributed by atoms with E-state index in [-0.39, 0.29) is 0 Å². The summed E-state index contributed by atoms with van der Waals surface area (Å²) in [5, 5.41) is 0. The third-order valence-corrected chi connectivity index (χ3v) is 3.36. The SMILES string of the molecule is CC(CN1CCN(C)CC1C)C(N)=S. The van der Waals surface area contributed by atoms with Crippen molar-refractivity contribution in [1.29, 1.82) is 0 Å². The summed E-state index contributed by atoms with van der Waals surface area (Å²) in [7, 11) is 2.17. The predicted molar refractivity (Wildman–Crippen MR) is 64.5 cm³/mol. The Morgan fingerprint density at radius 3 is 2.71 bits per heavy atom. The minimum absolute atomic E-state index is 0.329. The summed E-state index contributed by atoms with van der Waals surface area (Å²) in [4.78, 5) is 5.48. The standard InChI is InChI=1S/C10H21N3S/c1-8(10(11)14)6-13-5-4-12(3)7-9(13)2/h8-9H,4-7H2,1-3H3,(H2,11,14). The first-order chi connectivity index (χ1) is 6.50. The first-order valence-electron chi connectivity index (χ1n) is 5.22. The van der Waals surface area contributed by atoms with E-state index in [1.807, 2.05) is 0 Å². The molecule has 1 saturated heterocycles. The quantitative estimate of drug-likeness (QED) is 0.697. The maximum absolute atomic E-state index is 5.62. The molecule has 3 nitrogen and oxygen atoms in total. The molecule has 0 aliphatic carbocycles. The molecule has 0 bridgehead atoms. The summed E-state index contributed by atoms with van der Waals surface area (Å²) in [5.74, 6) is 0.329. The number of likely N-dealkylation sites (N-methyl/N-ethyl adjacent to an activating group) is 1. The van der Waals surface area contributed by atoms with Gasteiger partial charge in [-0.2, -0.15) is 0 Å². The van der Waals surface area contributed by atoms with Gasteiger partial charge in [-0.25, -0.2) is 0 Å². The molecule has 0 aromatic heterocycles. The average Bonchev–Trinajstić information content (AvgIpc) is 2.09. The molecule has 2 unspecified atom stereocenters. The number of hydrogen-bond acceptors (Lipinski definition) is 3. The zero-order valence-corrected chi connectivity index (χ0v) is 10.2. The van der Waals surface area contributed by atoms with Crippen molar-refractivity contribution < 1.29 is 0 Å². The van der Waals surface area contributed by atoms with Crippen LogP contribution in [0.15, 0.2) is 0 Å². The van der Waals surface area contributed by atoms with Gasteiger partial charge in [-0.15, -0.1) is 0 Å². The molecular weight excluding hydrogens is 194 g/mol. The van der Waals surface area contributed by atoms with Crippen LogP contribution in [0.25, 0.3) is 0 Å². The van der Waals surface area contributed by atoms with Gasteiger partial charge in [-0.1, -0.05) is 19.1 Å². The van der Waals surface area contributed by atoms with E-state index < -0.39 is 0 Å². The molecule has 0 aromatic rings. The maximum atomic E-state index is 5.62. The van der Waals surface area contributed by atoms with Crippen LogP contribution >= 0.6 is 12.2 Å². The molecule has 0 spiro atoms. The van der Waals surface area contributed by atoms with Gasteiger partial charge in [0.25, 0.3) is 0 Å². The summed E-state index contributed by atoms with van der Waals surface area (Å²) in [6, 6.07) is 0.616. The second kappa shape index (κ2) is 5.05. The van der Waals surface area contributed by atoms with Gasteiger partial charge in [-0.3, -0.25) is 4.90 Å². The average molecular weight is 215 g/mol. The Morgan fingerprint density at radius 2 is 2.21 bits per heavy atom. The maximum Gasteiger partial charge on any atom is 0.0768 e. The van der Waals surface area contributed by atoms with Crippen LogP contribution in [0.4, 0.5) is 0 Å². The molecule has 0 aromatic carbocycles. The third kappa shape index (κ3) is 3.19. The van der Waals surface area contributed by atoms with Crippen molar-refractivity contribution in [2.75, 3.05) is 33.2 Å². The van der Waals surface area contributed by atoms with E-state index in [2.05, 4.69) is 30.7 Å². The van der Waals surface area contributed by atoms with E-state index in [9.17, 15) is 0 Å². The lowest BCUT2D eigenvalue weighted by molar-refractivity contribution is 0.0947. The van der Waals surface area contributed by atoms with Gasteiger partial charge in [0.1, 0.15) is 0 Å². The molecule has 0 amide bonds. The van der Waals surface area contributed by atoms with Crippen LogP contribution in [-0.2, 0) is 0 Å². The van der Waals surface area contributed by atoms with Crippen molar-refractivity contribution in [1.82, 2.24) is 9.80 Å². The zero-order valence-electron chi connectivity index (χ0n) is 9.36. The minimum Gasteiger partial charge on any atom is -0.393 e. The molecule has 4 heteroatoms. The largest absolute Gasteiger partial charge is 0.393 e. The monoisotopic (exact) mass is 215 g/mol. The number of hydrogen-bond donors (Lipinski definition) is 1. The molecule has 1 fully saturated rings. The van der Waals surface area contributed by atoms with Gasteiger partial charge in [0, 0.05) is 38.1 Å². The fraction of sp³-hybridized carbons (Fsp3) is 0.900. The van der Waals surface area contributed by atoms with Crippen LogP contribution in [-0.4, -0.2) is 54.1 Å². The van der Waals surface area contributed by atoms with Gasteiger partial charge < -0.3 is 10.6 Å². The number of piperazine rings is 1. The van der Waals surface area contributed by atoms with Crippen LogP contribution in [0, 0.1) is 5.92 Å². The molecule has 0 saturated carbocycles. The second-order valence-corrected chi connectivity index (χ2v) is 4.88. The molecule has 1 rings (SSSR count). The van der Waals surface area contributed by atoms with Crippen molar-refractivity contribution in [3.8, 4) is 0 Å². The lowest BCUT2D eigenvalue weighted by atomic mass is 10.1. The van der Waals surface area contributed by atoms with Gasteiger partial charge in [0.15, 0.2) is 0 Å². The molecule has 14 heavy (non-hydrogen) atoms. The molecule has 1 aliphatic heterocycles. The van der Waals surface area contributed by atoms with Gasteiger partial charge in [-0.05, 0) is 14.0 Å². The topological polar surface area (TPSA) is 32.5 Å². The predicted octanol–water partition coefficient (Wildman–Crippen LogP) is 0.544. The Hall–Kier alpha value is -0.190. The van der Waals surface area contributed by atoms with Gasteiger partial charge in [0.2, 0.25) is 0 Å². The lowest BCUT2D eigenvalue weighted by Gasteiger charge is -2.39. The van der Waals surface area contributed by atoms with Crippen molar-refractivity contribution >= 4 is 17.2 Å². The summed E-state index contributed by atoms with van der Waals surface area (Å²) < 4.78 is 0. The molecule has 1 heterocycles. The van der Waals surface area contributed by atoms with Gasteiger partial charge in [0.05, 0.1) is 4.99 Å². The van der Waals surface area contributed by atoms with Crippen LogP contribution in [0.1, 0.15) is 13.8 Å². The highest BCUT2D eigenvalue weighted by molar-refractivity contribution is 7.80. The van der Waals surface area contributed by atoms with Crippen LogP contribution in [0.5, 0.6) is 0 Å². The Labute approximate surface area is 92.2 Å². The summed E-state index contributed by atoms with van der Waals surface area (Å²) >= 11 is 4.99. The van der Waals surface area contributed by atoms with E-state index in [0.717, 1.165) is 26.2 Å². The van der Waals surface area contributed by atoms with E-state index in [1.165, 1.54) is 0 Å². The Balaban J connectivity index is 2.41. The van der Waals surface area contributed by atoms with Crippen LogP contribution < -0.4 is 5.73 Å². The van der Waals surface area contributed by atoms with E-state index >= 15 is 0 Å². The third-order valence-electron chi connectivity index (χ3n) is 2.96. The molecule has 0 radical (unpaired) electrons. The summed E-state index contributed by atoms with van der Waals surface area (Å²) in [6.07, 6.45) is 0. The molecule has 1 aliphatic rings. The van der Waals surface area contributed by atoms with Crippen molar-refractivity contribution in [3.05, 3.63) is 0 Å². The fourth-order valence-corrected chi connectivity index (χ4v) is 1.96. The van der Waals surface area contributed by atoms with Crippen LogP contribution in [0.2, 0.25) is 0 Å². The summed E-state index contributed by atoms with van der Waals surface area (Å²) in [5.41, 5.74) is 5.62. The molecule has 2 N–H and O–H groups in total. The smallest absolute Gasteiger partial charge is 0.0768 e. The molecule has 82 valence electrons. The second-order valence-electron chi connectivity index (χ2n) is 4.41. The Morgan fingerprint density at radius 1 is 1.57 bits per heavy atom. The molecular formula is C10H21N3S. The minimum atomic E-state index is 0.329. The highest BCUT2D eigenvalue weighted by atomic mass is 32.1. The number of thiocarbonyl (C=S) groups is 1. The highest BCUT2D eigenvalue weighted by Gasteiger charge is 2.23. The van der Waals surface area contributed by atoms with E-state index in [4.69, 9.17) is 18.0 Å². The first-order valence-corrected chi connectivity index (χ1v) is 5.63. The Bertz CT molecular complexity index is 208. The van der Waals surface area contributed by atoms with E-state index in [0.29, 0.717) is 16.9 Å². The van der Waals surface area contributed by atoms with E-state index in [1.54, 1.807) is 0 Å². The lowest BCUT2D eigenvalue weighted by Crippen LogP contribution is -2.52. The van der Waals surface area contributed by atoms with Crippen molar-refractivity contribution in [2.24, 2.45) is 11.7 Å². The highest BCUT2D eigenvalue weighted by Crippen LogP contribution is 2.10. The van der Waals surface area contributed by atoms with Crippen molar-refractivity contribution in [3.63, 3.8) is 0 Å². The first kappa shape index (κ1) is 11.9. The number of nitrogens with zero attached hydrogens (tertiary/aromatic N) is 2. The Kier molecular flexibility index (Phi) is 4.29. The van der Waals surface area contributed by atoms with Crippen molar-refractivity contribution in [2.45, 2.75) is 19.9 Å². The normalized spacial score (nSPS) is 27.5. The van der Waals surface area contributed by atoms with Gasteiger partial charge >= 0.3 is 0 Å². The zero-order chi connectivity index (χ0) is 10.7. The molecule has 2 atom stereocenters.